The van der Waals surface area contributed by atoms with Crippen molar-refractivity contribution in [2.24, 2.45) is 0 Å². The lowest BCUT2D eigenvalue weighted by atomic mass is 10.3. The Morgan fingerprint density at radius 1 is 1.39 bits per heavy atom. The summed E-state index contributed by atoms with van der Waals surface area (Å²) in [6, 6.07) is 10.5. The highest BCUT2D eigenvalue weighted by Gasteiger charge is 2.05. The number of thioether (sulfide) groups is 1. The molecule has 0 fully saturated rings. The first-order valence-electron chi connectivity index (χ1n) is 5.60. The average Bonchev–Trinajstić information content (AvgIpc) is 2.68. The van der Waals surface area contributed by atoms with Gasteiger partial charge in [0, 0.05) is 26.5 Å². The van der Waals surface area contributed by atoms with Crippen molar-refractivity contribution in [1.82, 2.24) is 0 Å². The lowest BCUT2D eigenvalue weighted by molar-refractivity contribution is 1.17. The van der Waals surface area contributed by atoms with E-state index in [-0.39, 0.29) is 0 Å². The third-order valence-electron chi connectivity index (χ3n) is 2.34. The van der Waals surface area contributed by atoms with Crippen molar-refractivity contribution < 1.29 is 0 Å². The molecule has 2 aromatic rings. The molecule has 1 nitrogen and oxygen atoms in total. The number of halogens is 2. The summed E-state index contributed by atoms with van der Waals surface area (Å²) in [5.41, 5.74) is 1.19. The second-order valence-corrected chi connectivity index (χ2v) is 7.52. The molecule has 0 saturated heterocycles. The van der Waals surface area contributed by atoms with E-state index in [0.29, 0.717) is 0 Å². The van der Waals surface area contributed by atoms with Crippen molar-refractivity contribution in [3.05, 3.63) is 44.0 Å². The molecule has 0 radical (unpaired) electrons. The van der Waals surface area contributed by atoms with Crippen molar-refractivity contribution in [3.8, 4) is 0 Å². The van der Waals surface area contributed by atoms with E-state index in [1.165, 1.54) is 15.5 Å². The van der Waals surface area contributed by atoms with Gasteiger partial charge in [0.2, 0.25) is 0 Å². The zero-order valence-electron chi connectivity index (χ0n) is 9.87. The quantitative estimate of drug-likeness (QED) is 0.666. The van der Waals surface area contributed by atoms with E-state index >= 15 is 0 Å². The molecule has 0 unspecified atom stereocenters. The van der Waals surface area contributed by atoms with Crippen LogP contribution in [0.4, 0.5) is 5.69 Å². The van der Waals surface area contributed by atoms with E-state index in [0.717, 1.165) is 21.1 Å². The van der Waals surface area contributed by atoms with E-state index in [1.54, 1.807) is 11.3 Å². The molecule has 1 heterocycles. The molecule has 0 bridgehead atoms. The standard InChI is InChI=1S/C13H13BrClNS2/c1-2-17-12-6-4-3-5-11(12)16-8-9-7-10(14)13(15)18-9/h3-7,16H,2,8H2,1H3. The van der Waals surface area contributed by atoms with Crippen LogP contribution in [-0.4, -0.2) is 5.75 Å². The molecule has 2 rings (SSSR count). The minimum atomic E-state index is 0.803. The van der Waals surface area contributed by atoms with Crippen molar-refractivity contribution in [3.63, 3.8) is 0 Å². The van der Waals surface area contributed by atoms with Gasteiger partial charge in [-0.1, -0.05) is 30.7 Å². The molecule has 0 aliphatic carbocycles. The van der Waals surface area contributed by atoms with Gasteiger partial charge in [-0.25, -0.2) is 0 Å². The maximum Gasteiger partial charge on any atom is 0.107 e. The predicted molar refractivity (Wildman–Crippen MR) is 87.2 cm³/mol. The van der Waals surface area contributed by atoms with Crippen LogP contribution in [0.1, 0.15) is 11.8 Å². The number of anilines is 1. The van der Waals surface area contributed by atoms with Gasteiger partial charge in [-0.3, -0.25) is 0 Å². The molecule has 0 aliphatic rings. The van der Waals surface area contributed by atoms with Crippen LogP contribution in [0.2, 0.25) is 4.34 Å². The fourth-order valence-corrected chi connectivity index (χ4v) is 4.07. The summed E-state index contributed by atoms with van der Waals surface area (Å²) < 4.78 is 1.78. The second kappa shape index (κ2) is 6.85. The first-order chi connectivity index (χ1) is 8.70. The van der Waals surface area contributed by atoms with Crippen molar-refractivity contribution >= 4 is 56.3 Å². The van der Waals surface area contributed by atoms with E-state index in [4.69, 9.17) is 11.6 Å². The van der Waals surface area contributed by atoms with Gasteiger partial charge >= 0.3 is 0 Å². The molecule has 0 atom stereocenters. The maximum atomic E-state index is 6.03. The van der Waals surface area contributed by atoms with Gasteiger partial charge in [0.15, 0.2) is 0 Å². The zero-order chi connectivity index (χ0) is 13.0. The summed E-state index contributed by atoms with van der Waals surface area (Å²) >= 11 is 12.9. The lowest BCUT2D eigenvalue weighted by Gasteiger charge is -2.09. The number of hydrogen-bond donors (Lipinski definition) is 1. The largest absolute Gasteiger partial charge is 0.379 e. The molecule has 1 aromatic carbocycles. The van der Waals surface area contributed by atoms with Gasteiger partial charge in [-0.15, -0.1) is 23.1 Å². The molecule has 1 N–H and O–H groups in total. The Morgan fingerprint density at radius 3 is 2.83 bits per heavy atom. The Morgan fingerprint density at radius 2 is 2.17 bits per heavy atom. The normalized spacial score (nSPS) is 10.6. The van der Waals surface area contributed by atoms with E-state index in [1.807, 2.05) is 11.8 Å². The minimum Gasteiger partial charge on any atom is -0.379 e. The Kier molecular flexibility index (Phi) is 5.42. The van der Waals surface area contributed by atoms with Crippen LogP contribution in [0.5, 0.6) is 0 Å². The van der Waals surface area contributed by atoms with E-state index in [9.17, 15) is 0 Å². The minimum absolute atomic E-state index is 0.803. The SMILES string of the molecule is CCSc1ccccc1NCc1cc(Br)c(Cl)s1. The third-order valence-corrected chi connectivity index (χ3v) is 5.77. The molecule has 0 spiro atoms. The number of hydrogen-bond acceptors (Lipinski definition) is 3. The van der Waals surface area contributed by atoms with Crippen LogP contribution >= 0.6 is 50.6 Å². The summed E-state index contributed by atoms with van der Waals surface area (Å²) in [5.74, 6) is 1.08. The molecular formula is C13H13BrClNS2. The van der Waals surface area contributed by atoms with Gasteiger partial charge < -0.3 is 5.32 Å². The molecule has 1 aromatic heterocycles. The van der Waals surface area contributed by atoms with Crippen LogP contribution in [0.3, 0.4) is 0 Å². The van der Waals surface area contributed by atoms with Crippen molar-refractivity contribution in [2.75, 3.05) is 11.1 Å². The average molecular weight is 363 g/mol. The maximum absolute atomic E-state index is 6.03. The molecule has 18 heavy (non-hydrogen) atoms. The van der Waals surface area contributed by atoms with Crippen LogP contribution < -0.4 is 5.32 Å². The number of para-hydroxylation sites is 1. The highest BCUT2D eigenvalue weighted by atomic mass is 79.9. The van der Waals surface area contributed by atoms with E-state index in [2.05, 4.69) is 58.5 Å². The van der Waals surface area contributed by atoms with Gasteiger partial charge in [-0.2, -0.15) is 0 Å². The highest BCUT2D eigenvalue weighted by molar-refractivity contribution is 9.10. The van der Waals surface area contributed by atoms with Gasteiger partial charge in [-0.05, 0) is 39.9 Å². The number of rotatable bonds is 5. The molecule has 5 heteroatoms. The third kappa shape index (κ3) is 3.67. The highest BCUT2D eigenvalue weighted by Crippen LogP contribution is 2.33. The first kappa shape index (κ1) is 14.3. The fourth-order valence-electron chi connectivity index (χ4n) is 1.55. The number of nitrogens with one attached hydrogen (secondary N) is 1. The Bertz CT molecular complexity index is 508. The number of benzene rings is 1. The van der Waals surface area contributed by atoms with Crippen molar-refractivity contribution in [1.29, 1.82) is 0 Å². The summed E-state index contributed by atoms with van der Waals surface area (Å²) in [5, 5.41) is 3.47. The molecule has 0 saturated carbocycles. The van der Waals surface area contributed by atoms with Crippen LogP contribution in [0.25, 0.3) is 0 Å². The summed E-state index contributed by atoms with van der Waals surface area (Å²) in [6.45, 7) is 2.97. The summed E-state index contributed by atoms with van der Waals surface area (Å²) in [6.07, 6.45) is 0. The number of thiophene rings is 1. The van der Waals surface area contributed by atoms with Crippen LogP contribution in [0.15, 0.2) is 39.7 Å². The summed E-state index contributed by atoms with van der Waals surface area (Å²) in [7, 11) is 0. The lowest BCUT2D eigenvalue weighted by Crippen LogP contribution is -1.98. The van der Waals surface area contributed by atoms with Gasteiger partial charge in [0.1, 0.15) is 4.34 Å². The topological polar surface area (TPSA) is 12.0 Å². The molecule has 0 aliphatic heterocycles. The second-order valence-electron chi connectivity index (χ2n) is 3.62. The summed E-state index contributed by atoms with van der Waals surface area (Å²) in [4.78, 5) is 2.52. The van der Waals surface area contributed by atoms with Crippen LogP contribution in [-0.2, 0) is 6.54 Å². The van der Waals surface area contributed by atoms with Crippen LogP contribution in [0, 0.1) is 0 Å². The fraction of sp³-hybridized carbons (Fsp3) is 0.231. The molecule has 0 amide bonds. The molecular weight excluding hydrogens is 350 g/mol. The Balaban J connectivity index is 2.05. The van der Waals surface area contributed by atoms with Gasteiger partial charge in [0.05, 0.1) is 0 Å². The Labute approximate surface area is 129 Å². The molecule has 96 valence electrons. The first-order valence-corrected chi connectivity index (χ1v) is 8.57. The zero-order valence-corrected chi connectivity index (χ0v) is 13.8. The monoisotopic (exact) mass is 361 g/mol. The smallest absolute Gasteiger partial charge is 0.107 e. The predicted octanol–water partition coefficient (Wildman–Crippen LogP) is 5.89. The van der Waals surface area contributed by atoms with E-state index < -0.39 is 0 Å². The Hall–Kier alpha value is -0.160. The van der Waals surface area contributed by atoms with Crippen molar-refractivity contribution in [2.45, 2.75) is 18.4 Å². The van der Waals surface area contributed by atoms with Gasteiger partial charge in [0.25, 0.3) is 0 Å².